The van der Waals surface area contributed by atoms with Crippen molar-refractivity contribution in [3.63, 3.8) is 0 Å². The second-order valence-electron chi connectivity index (χ2n) is 5.83. The first-order chi connectivity index (χ1) is 11.2. The Kier molecular flexibility index (Phi) is 5.48. The first kappa shape index (κ1) is 18.3. The smallest absolute Gasteiger partial charge is 0.334 e. The highest BCUT2D eigenvalue weighted by molar-refractivity contribution is 5.97. The van der Waals surface area contributed by atoms with Gasteiger partial charge in [-0.05, 0) is 38.1 Å². The Morgan fingerprint density at radius 1 is 1.29 bits per heavy atom. The fourth-order valence-electron chi connectivity index (χ4n) is 2.91. The number of nitrogens with one attached hydrogen (secondary N) is 2. The molecule has 1 fully saturated rings. The number of rotatable bonds is 4. The van der Waals surface area contributed by atoms with Gasteiger partial charge in [0, 0.05) is 37.3 Å². The molecule has 1 saturated heterocycles. The summed E-state index contributed by atoms with van der Waals surface area (Å²) < 4.78 is 39.2. The summed E-state index contributed by atoms with van der Waals surface area (Å²) >= 11 is 0. The van der Waals surface area contributed by atoms with Gasteiger partial charge in [0.25, 0.3) is 5.91 Å². The molecular weight excluding hydrogens is 323 g/mol. The molecule has 0 aliphatic carbocycles. The van der Waals surface area contributed by atoms with Crippen molar-refractivity contribution in [2.45, 2.75) is 32.0 Å². The Hall–Kier alpha value is -2.09. The SMILES string of the molecule is CNCC1CCCN1C(=O)c1cc(NC(C)=O)cc(C(F)(F)F)c1. The molecule has 0 bridgehead atoms. The van der Waals surface area contributed by atoms with Crippen molar-refractivity contribution >= 4 is 17.5 Å². The maximum absolute atomic E-state index is 13.1. The number of anilines is 1. The predicted octanol–water partition coefficient (Wildman–Crippen LogP) is 2.49. The van der Waals surface area contributed by atoms with Gasteiger partial charge in [-0.15, -0.1) is 0 Å². The number of benzene rings is 1. The number of amides is 2. The maximum atomic E-state index is 13.1. The largest absolute Gasteiger partial charge is 0.416 e. The van der Waals surface area contributed by atoms with E-state index in [0.29, 0.717) is 13.1 Å². The van der Waals surface area contributed by atoms with Crippen molar-refractivity contribution in [3.8, 4) is 0 Å². The Morgan fingerprint density at radius 2 is 2.00 bits per heavy atom. The highest BCUT2D eigenvalue weighted by Crippen LogP contribution is 2.33. The quantitative estimate of drug-likeness (QED) is 0.883. The predicted molar refractivity (Wildman–Crippen MR) is 83.7 cm³/mol. The summed E-state index contributed by atoms with van der Waals surface area (Å²) in [5.74, 6) is -0.951. The van der Waals surface area contributed by atoms with E-state index in [1.165, 1.54) is 13.0 Å². The van der Waals surface area contributed by atoms with E-state index in [4.69, 9.17) is 0 Å². The van der Waals surface area contributed by atoms with E-state index in [-0.39, 0.29) is 17.3 Å². The lowest BCUT2D eigenvalue weighted by Crippen LogP contribution is -2.40. The second kappa shape index (κ2) is 7.21. The van der Waals surface area contributed by atoms with Gasteiger partial charge < -0.3 is 15.5 Å². The normalized spacial score (nSPS) is 17.9. The van der Waals surface area contributed by atoms with Crippen molar-refractivity contribution in [1.82, 2.24) is 10.2 Å². The van der Waals surface area contributed by atoms with Crippen LogP contribution in [0, 0.1) is 0 Å². The Bertz CT molecular complexity index is 631. The van der Waals surface area contributed by atoms with Gasteiger partial charge >= 0.3 is 6.18 Å². The molecule has 5 nitrogen and oxygen atoms in total. The fraction of sp³-hybridized carbons (Fsp3) is 0.500. The zero-order valence-corrected chi connectivity index (χ0v) is 13.5. The van der Waals surface area contributed by atoms with Gasteiger partial charge in [0.05, 0.1) is 5.56 Å². The first-order valence-electron chi connectivity index (χ1n) is 7.68. The molecule has 1 aliphatic heterocycles. The molecule has 132 valence electrons. The van der Waals surface area contributed by atoms with E-state index in [9.17, 15) is 22.8 Å². The van der Waals surface area contributed by atoms with Crippen molar-refractivity contribution in [3.05, 3.63) is 29.3 Å². The summed E-state index contributed by atoms with van der Waals surface area (Å²) in [5, 5.41) is 5.31. The molecule has 24 heavy (non-hydrogen) atoms. The third-order valence-corrected chi connectivity index (χ3v) is 3.91. The third-order valence-electron chi connectivity index (χ3n) is 3.91. The van der Waals surface area contributed by atoms with Crippen LogP contribution in [0.3, 0.4) is 0 Å². The number of hydrogen-bond donors (Lipinski definition) is 2. The second-order valence-corrected chi connectivity index (χ2v) is 5.83. The zero-order valence-electron chi connectivity index (χ0n) is 13.5. The molecule has 1 unspecified atom stereocenters. The standard InChI is InChI=1S/C16H20F3N3O2/c1-10(23)21-13-7-11(6-12(8-13)16(17,18)19)15(24)22-5-3-4-14(22)9-20-2/h6-8,14,20H,3-5,9H2,1-2H3,(H,21,23). The molecule has 2 rings (SSSR count). The minimum atomic E-state index is -4.60. The Morgan fingerprint density at radius 3 is 2.58 bits per heavy atom. The van der Waals surface area contributed by atoms with Crippen LogP contribution in [-0.2, 0) is 11.0 Å². The zero-order chi connectivity index (χ0) is 17.9. The molecular formula is C16H20F3N3O2. The minimum absolute atomic E-state index is 0.0370. The number of likely N-dealkylation sites (N-methyl/N-ethyl adjacent to an activating group) is 1. The lowest BCUT2D eigenvalue weighted by Gasteiger charge is -2.25. The van der Waals surface area contributed by atoms with Crippen LogP contribution < -0.4 is 10.6 Å². The van der Waals surface area contributed by atoms with Gasteiger partial charge in [0.15, 0.2) is 0 Å². The summed E-state index contributed by atoms with van der Waals surface area (Å²) in [5.41, 5.74) is -1.07. The van der Waals surface area contributed by atoms with Gasteiger partial charge in [-0.2, -0.15) is 13.2 Å². The van der Waals surface area contributed by atoms with E-state index in [2.05, 4.69) is 10.6 Å². The van der Waals surface area contributed by atoms with Crippen LogP contribution in [0.25, 0.3) is 0 Å². The van der Waals surface area contributed by atoms with Crippen LogP contribution in [-0.4, -0.2) is 42.9 Å². The molecule has 1 heterocycles. The third kappa shape index (κ3) is 4.25. The summed E-state index contributed by atoms with van der Waals surface area (Å²) in [7, 11) is 1.76. The van der Waals surface area contributed by atoms with Crippen LogP contribution in [0.4, 0.5) is 18.9 Å². The fourth-order valence-corrected chi connectivity index (χ4v) is 2.91. The van der Waals surface area contributed by atoms with Crippen molar-refractivity contribution in [2.75, 3.05) is 25.5 Å². The van der Waals surface area contributed by atoms with E-state index >= 15 is 0 Å². The molecule has 0 radical (unpaired) electrons. The molecule has 2 amide bonds. The average Bonchev–Trinajstić information content (AvgIpc) is 2.93. The number of alkyl halides is 3. The molecule has 0 saturated carbocycles. The first-order valence-corrected chi connectivity index (χ1v) is 7.68. The molecule has 1 aliphatic rings. The number of likely N-dealkylation sites (tertiary alicyclic amines) is 1. The average molecular weight is 343 g/mol. The summed E-state index contributed by atoms with van der Waals surface area (Å²) in [6, 6.07) is 2.91. The van der Waals surface area contributed by atoms with E-state index < -0.39 is 23.6 Å². The van der Waals surface area contributed by atoms with Crippen molar-refractivity contribution in [2.24, 2.45) is 0 Å². The summed E-state index contributed by atoms with van der Waals surface area (Å²) in [6.07, 6.45) is -2.97. The van der Waals surface area contributed by atoms with Crippen molar-refractivity contribution < 1.29 is 22.8 Å². The maximum Gasteiger partial charge on any atom is 0.416 e. The van der Waals surface area contributed by atoms with Crippen LogP contribution in [0.5, 0.6) is 0 Å². The van der Waals surface area contributed by atoms with Gasteiger partial charge in [-0.3, -0.25) is 9.59 Å². The molecule has 2 N–H and O–H groups in total. The Balaban J connectivity index is 2.37. The highest BCUT2D eigenvalue weighted by Gasteiger charge is 2.34. The molecule has 0 aromatic heterocycles. The molecule has 0 spiro atoms. The van der Waals surface area contributed by atoms with E-state index in [1.54, 1.807) is 11.9 Å². The van der Waals surface area contributed by atoms with Gasteiger partial charge in [0.2, 0.25) is 5.91 Å². The highest BCUT2D eigenvalue weighted by atomic mass is 19.4. The van der Waals surface area contributed by atoms with Crippen LogP contribution in [0.2, 0.25) is 0 Å². The number of nitrogens with zero attached hydrogens (tertiary/aromatic N) is 1. The Labute approximate surface area is 138 Å². The van der Waals surface area contributed by atoms with Gasteiger partial charge in [-0.1, -0.05) is 0 Å². The summed E-state index contributed by atoms with van der Waals surface area (Å²) in [4.78, 5) is 25.4. The van der Waals surface area contributed by atoms with Crippen LogP contribution in [0.1, 0.15) is 35.7 Å². The number of carbonyl (C=O) groups excluding carboxylic acids is 2. The van der Waals surface area contributed by atoms with E-state index in [0.717, 1.165) is 25.0 Å². The molecule has 1 atom stereocenters. The number of hydrogen-bond acceptors (Lipinski definition) is 3. The number of carbonyl (C=O) groups is 2. The van der Waals surface area contributed by atoms with E-state index in [1.807, 2.05) is 0 Å². The molecule has 1 aromatic carbocycles. The van der Waals surface area contributed by atoms with Crippen LogP contribution >= 0.6 is 0 Å². The lowest BCUT2D eigenvalue weighted by molar-refractivity contribution is -0.137. The lowest BCUT2D eigenvalue weighted by atomic mass is 10.1. The monoisotopic (exact) mass is 343 g/mol. The van der Waals surface area contributed by atoms with Gasteiger partial charge in [0.1, 0.15) is 0 Å². The minimum Gasteiger partial charge on any atom is -0.334 e. The van der Waals surface area contributed by atoms with Crippen molar-refractivity contribution in [1.29, 1.82) is 0 Å². The molecule has 1 aromatic rings. The summed E-state index contributed by atoms with van der Waals surface area (Å²) in [6.45, 7) is 2.30. The van der Waals surface area contributed by atoms with Gasteiger partial charge in [-0.25, -0.2) is 0 Å². The van der Waals surface area contributed by atoms with Crippen LogP contribution in [0.15, 0.2) is 18.2 Å². The number of halogens is 3. The topological polar surface area (TPSA) is 61.4 Å². The molecule has 8 heteroatoms.